The van der Waals surface area contributed by atoms with E-state index in [0.29, 0.717) is 0 Å². The van der Waals surface area contributed by atoms with Gasteiger partial charge in [-0.3, -0.25) is 0 Å². The molecule has 0 amide bonds. The monoisotopic (exact) mass is 265 g/mol. The Kier molecular flexibility index (Phi) is 7.45. The third kappa shape index (κ3) is 5.17. The summed E-state index contributed by atoms with van der Waals surface area (Å²) in [6.45, 7) is 10.3. The molecule has 1 heterocycles. The number of hydrogen-bond acceptors (Lipinski definition) is 4. The molecule has 0 aliphatic heterocycles. The first-order valence-electron chi connectivity index (χ1n) is 7.24. The molecule has 4 nitrogen and oxygen atoms in total. The van der Waals surface area contributed by atoms with Gasteiger partial charge >= 0.3 is 0 Å². The number of aryl methyl sites for hydroxylation is 1. The van der Waals surface area contributed by atoms with Crippen LogP contribution >= 0.6 is 0 Å². The van der Waals surface area contributed by atoms with Gasteiger partial charge in [0.05, 0.1) is 0 Å². The number of aliphatic hydroxyl groups excluding tert-OH is 1. The Bertz CT molecular complexity index is 368. The van der Waals surface area contributed by atoms with Crippen LogP contribution in [0.15, 0.2) is 12.3 Å². The molecule has 4 heteroatoms. The number of rotatable bonds is 9. The average Bonchev–Trinajstić information content (AvgIpc) is 2.41. The number of aromatic nitrogens is 1. The van der Waals surface area contributed by atoms with Gasteiger partial charge in [-0.05, 0) is 50.4 Å². The van der Waals surface area contributed by atoms with E-state index in [-0.39, 0.29) is 6.61 Å². The zero-order valence-corrected chi connectivity index (χ0v) is 12.4. The van der Waals surface area contributed by atoms with E-state index in [1.807, 2.05) is 6.20 Å². The molecule has 1 rings (SSSR count). The molecule has 2 N–H and O–H groups in total. The fourth-order valence-electron chi connectivity index (χ4n) is 2.14. The largest absolute Gasteiger partial charge is 0.396 e. The SMILES string of the molecule is CCCNCc1cnc(N(CC)CCCO)c(C)c1. The summed E-state index contributed by atoms with van der Waals surface area (Å²) in [5.74, 6) is 1.04. The van der Waals surface area contributed by atoms with Crippen molar-refractivity contribution >= 4 is 5.82 Å². The normalized spacial score (nSPS) is 10.7. The lowest BCUT2D eigenvalue weighted by atomic mass is 10.2. The van der Waals surface area contributed by atoms with Crippen molar-refractivity contribution in [3.05, 3.63) is 23.4 Å². The van der Waals surface area contributed by atoms with Crippen LogP contribution in [0.3, 0.4) is 0 Å². The lowest BCUT2D eigenvalue weighted by Crippen LogP contribution is -2.26. The van der Waals surface area contributed by atoms with Crippen molar-refractivity contribution in [3.8, 4) is 0 Å². The van der Waals surface area contributed by atoms with Crippen LogP contribution in [-0.4, -0.2) is 36.3 Å². The molecule has 0 fully saturated rings. The van der Waals surface area contributed by atoms with Crippen LogP contribution in [0.4, 0.5) is 5.82 Å². The van der Waals surface area contributed by atoms with Crippen LogP contribution in [0, 0.1) is 6.92 Å². The average molecular weight is 265 g/mol. The molecule has 0 spiro atoms. The first kappa shape index (κ1) is 15.9. The summed E-state index contributed by atoms with van der Waals surface area (Å²) in [4.78, 5) is 6.80. The van der Waals surface area contributed by atoms with Gasteiger partial charge in [0, 0.05) is 32.4 Å². The van der Waals surface area contributed by atoms with E-state index < -0.39 is 0 Å². The zero-order valence-electron chi connectivity index (χ0n) is 12.4. The van der Waals surface area contributed by atoms with Crippen molar-refractivity contribution in [1.82, 2.24) is 10.3 Å². The van der Waals surface area contributed by atoms with Gasteiger partial charge in [-0.2, -0.15) is 0 Å². The Morgan fingerprint density at radius 1 is 1.37 bits per heavy atom. The number of anilines is 1. The third-order valence-corrected chi connectivity index (χ3v) is 3.13. The molecule has 1 aromatic heterocycles. The Labute approximate surface area is 116 Å². The highest BCUT2D eigenvalue weighted by molar-refractivity contribution is 5.47. The van der Waals surface area contributed by atoms with Crippen molar-refractivity contribution in [2.45, 2.75) is 40.2 Å². The van der Waals surface area contributed by atoms with Crippen LogP contribution in [0.2, 0.25) is 0 Å². The van der Waals surface area contributed by atoms with E-state index in [2.05, 4.69) is 42.0 Å². The summed E-state index contributed by atoms with van der Waals surface area (Å²) in [6.07, 6.45) is 3.89. The van der Waals surface area contributed by atoms with Gasteiger partial charge in [0.1, 0.15) is 5.82 Å². The van der Waals surface area contributed by atoms with Gasteiger partial charge in [0.25, 0.3) is 0 Å². The van der Waals surface area contributed by atoms with Gasteiger partial charge in [0.15, 0.2) is 0 Å². The predicted molar refractivity (Wildman–Crippen MR) is 80.6 cm³/mol. The Balaban J connectivity index is 2.69. The number of aliphatic hydroxyl groups is 1. The van der Waals surface area contributed by atoms with E-state index in [1.54, 1.807) is 0 Å². The molecule has 0 aliphatic rings. The third-order valence-electron chi connectivity index (χ3n) is 3.13. The number of hydrogen-bond donors (Lipinski definition) is 2. The van der Waals surface area contributed by atoms with Gasteiger partial charge in [-0.25, -0.2) is 4.98 Å². The second-order valence-electron chi connectivity index (χ2n) is 4.82. The van der Waals surface area contributed by atoms with Crippen molar-refractivity contribution in [2.75, 3.05) is 31.1 Å². The van der Waals surface area contributed by atoms with Crippen molar-refractivity contribution in [3.63, 3.8) is 0 Å². The molecule has 0 saturated heterocycles. The second kappa shape index (κ2) is 8.88. The van der Waals surface area contributed by atoms with Gasteiger partial charge < -0.3 is 15.3 Å². The number of pyridine rings is 1. The lowest BCUT2D eigenvalue weighted by molar-refractivity contribution is 0.289. The van der Waals surface area contributed by atoms with E-state index >= 15 is 0 Å². The molecule has 0 bridgehead atoms. The summed E-state index contributed by atoms with van der Waals surface area (Å²) in [7, 11) is 0. The minimum absolute atomic E-state index is 0.231. The summed E-state index contributed by atoms with van der Waals surface area (Å²) in [5.41, 5.74) is 2.43. The summed E-state index contributed by atoms with van der Waals surface area (Å²) in [6, 6.07) is 2.20. The summed E-state index contributed by atoms with van der Waals surface area (Å²) >= 11 is 0. The number of nitrogens with one attached hydrogen (secondary N) is 1. The highest BCUT2D eigenvalue weighted by Crippen LogP contribution is 2.18. The summed E-state index contributed by atoms with van der Waals surface area (Å²) in [5, 5.41) is 12.3. The molecule has 0 unspecified atom stereocenters. The molecule has 0 aromatic carbocycles. The van der Waals surface area contributed by atoms with E-state index in [0.717, 1.165) is 44.8 Å². The topological polar surface area (TPSA) is 48.4 Å². The maximum atomic E-state index is 8.94. The van der Waals surface area contributed by atoms with Crippen LogP contribution in [-0.2, 0) is 6.54 Å². The van der Waals surface area contributed by atoms with Gasteiger partial charge in [-0.15, -0.1) is 0 Å². The smallest absolute Gasteiger partial charge is 0.131 e. The molecule has 0 radical (unpaired) electrons. The van der Waals surface area contributed by atoms with E-state index in [1.165, 1.54) is 11.1 Å². The minimum atomic E-state index is 0.231. The second-order valence-corrected chi connectivity index (χ2v) is 4.82. The van der Waals surface area contributed by atoms with Crippen LogP contribution in [0.5, 0.6) is 0 Å². The fraction of sp³-hybridized carbons (Fsp3) is 0.667. The molecule has 0 aliphatic carbocycles. The highest BCUT2D eigenvalue weighted by Gasteiger charge is 2.09. The molecule has 108 valence electrons. The number of nitrogens with zero attached hydrogens (tertiary/aromatic N) is 2. The molecular formula is C15H27N3O. The van der Waals surface area contributed by atoms with Crippen molar-refractivity contribution in [1.29, 1.82) is 0 Å². The minimum Gasteiger partial charge on any atom is -0.396 e. The van der Waals surface area contributed by atoms with Gasteiger partial charge in [0.2, 0.25) is 0 Å². The van der Waals surface area contributed by atoms with Gasteiger partial charge in [-0.1, -0.05) is 6.92 Å². The van der Waals surface area contributed by atoms with E-state index in [4.69, 9.17) is 5.11 Å². The molecule has 0 atom stereocenters. The highest BCUT2D eigenvalue weighted by atomic mass is 16.3. The van der Waals surface area contributed by atoms with Crippen molar-refractivity contribution < 1.29 is 5.11 Å². The Morgan fingerprint density at radius 2 is 2.16 bits per heavy atom. The fourth-order valence-corrected chi connectivity index (χ4v) is 2.14. The summed E-state index contributed by atoms with van der Waals surface area (Å²) < 4.78 is 0. The molecule has 0 saturated carbocycles. The Hall–Kier alpha value is -1.13. The van der Waals surface area contributed by atoms with Crippen LogP contribution < -0.4 is 10.2 Å². The van der Waals surface area contributed by atoms with Crippen molar-refractivity contribution in [2.24, 2.45) is 0 Å². The zero-order chi connectivity index (χ0) is 14.1. The first-order chi connectivity index (χ1) is 9.22. The molecule has 19 heavy (non-hydrogen) atoms. The Morgan fingerprint density at radius 3 is 2.74 bits per heavy atom. The maximum Gasteiger partial charge on any atom is 0.131 e. The maximum absolute atomic E-state index is 8.94. The van der Waals surface area contributed by atoms with Crippen LogP contribution in [0.1, 0.15) is 37.8 Å². The quantitative estimate of drug-likeness (QED) is 0.671. The lowest BCUT2D eigenvalue weighted by Gasteiger charge is -2.23. The molecule has 1 aromatic rings. The van der Waals surface area contributed by atoms with E-state index in [9.17, 15) is 0 Å². The van der Waals surface area contributed by atoms with Crippen LogP contribution in [0.25, 0.3) is 0 Å². The molecular weight excluding hydrogens is 238 g/mol. The standard InChI is InChI=1S/C15H27N3O/c1-4-7-16-11-14-10-13(3)15(17-12-14)18(5-2)8-6-9-19/h10,12,16,19H,4-9,11H2,1-3H3. The first-order valence-corrected chi connectivity index (χ1v) is 7.24. The predicted octanol–water partition coefficient (Wildman–Crippen LogP) is 2.10.